The van der Waals surface area contributed by atoms with Gasteiger partial charge in [0.15, 0.2) is 0 Å². The first-order valence-electron chi connectivity index (χ1n) is 14.2. The second kappa shape index (κ2) is 9.18. The van der Waals surface area contributed by atoms with Gasteiger partial charge in [0, 0.05) is 35.2 Å². The molecule has 0 atom stereocenters. The Labute approximate surface area is 227 Å². The molecule has 214 valence electrons. The van der Waals surface area contributed by atoms with Crippen LogP contribution in [0.4, 0.5) is 9.59 Å². The van der Waals surface area contributed by atoms with E-state index >= 15 is 0 Å². The van der Waals surface area contributed by atoms with E-state index in [9.17, 15) is 19.2 Å². The van der Waals surface area contributed by atoms with Crippen LogP contribution in [-0.2, 0) is 9.59 Å². The largest absolute Gasteiger partial charge is 0.325 e. The highest BCUT2D eigenvalue weighted by atomic mass is 16.2. The third kappa shape index (κ3) is 5.57. The Bertz CT molecular complexity index is 905. The number of amides is 6. The lowest BCUT2D eigenvalue weighted by molar-refractivity contribution is -0.135. The number of urea groups is 2. The van der Waals surface area contributed by atoms with Gasteiger partial charge >= 0.3 is 12.1 Å². The van der Waals surface area contributed by atoms with Crippen molar-refractivity contribution in [3.05, 3.63) is 0 Å². The molecular formula is C28H48N6O4. The van der Waals surface area contributed by atoms with E-state index in [1.165, 1.54) is 9.80 Å². The van der Waals surface area contributed by atoms with E-state index < -0.39 is 11.1 Å². The predicted molar refractivity (Wildman–Crippen MR) is 145 cm³/mol. The normalized spacial score (nSPS) is 28.2. The van der Waals surface area contributed by atoms with Gasteiger partial charge in [-0.05, 0) is 93.9 Å². The Morgan fingerprint density at radius 2 is 0.816 bits per heavy atom. The van der Waals surface area contributed by atoms with Gasteiger partial charge in [0.25, 0.3) is 11.8 Å². The van der Waals surface area contributed by atoms with Crippen LogP contribution in [0.3, 0.4) is 0 Å². The molecule has 4 rings (SSSR count). The number of unbranched alkanes of at least 4 members (excludes halogenated alkanes) is 3. The van der Waals surface area contributed by atoms with Crippen molar-refractivity contribution in [3.8, 4) is 0 Å². The van der Waals surface area contributed by atoms with E-state index in [0.29, 0.717) is 51.6 Å². The summed E-state index contributed by atoms with van der Waals surface area (Å²) in [6, 6.07) is -0.609. The van der Waals surface area contributed by atoms with Crippen molar-refractivity contribution in [3.63, 3.8) is 0 Å². The van der Waals surface area contributed by atoms with Gasteiger partial charge in [0.2, 0.25) is 0 Å². The summed E-state index contributed by atoms with van der Waals surface area (Å²) in [6.07, 6.45) is 5.23. The maximum Gasteiger partial charge on any atom is 0.325 e. The van der Waals surface area contributed by atoms with Crippen molar-refractivity contribution in [2.45, 2.75) is 140 Å². The molecule has 0 aromatic rings. The Balaban J connectivity index is 1.25. The maximum absolute atomic E-state index is 13.4. The van der Waals surface area contributed by atoms with Crippen LogP contribution in [0.5, 0.6) is 0 Å². The number of nitrogens with one attached hydrogen (secondary N) is 4. The highest BCUT2D eigenvalue weighted by Gasteiger charge is 2.59. The Hall–Kier alpha value is -2.20. The lowest BCUT2D eigenvalue weighted by Crippen LogP contribution is -2.68. The average Bonchev–Trinajstić information content (AvgIpc) is 3.02. The number of carbonyl (C=O) groups is 4. The van der Waals surface area contributed by atoms with Crippen LogP contribution in [0.15, 0.2) is 0 Å². The van der Waals surface area contributed by atoms with Crippen LogP contribution < -0.4 is 21.3 Å². The number of carbonyl (C=O) groups excluding carboxylic acids is 4. The SMILES string of the molecule is CC1(C)CC2(CC(C)(C)N1)NC(=O)N(CCCCCCN1C(=O)NC3(CC(C)(C)NC(C)(C)C3)C1=O)C2=O. The summed E-state index contributed by atoms with van der Waals surface area (Å²) in [4.78, 5) is 55.1. The quantitative estimate of drug-likeness (QED) is 0.295. The van der Waals surface area contributed by atoms with Crippen molar-refractivity contribution in [1.29, 1.82) is 0 Å². The van der Waals surface area contributed by atoms with Crippen LogP contribution in [-0.4, -0.2) is 80.0 Å². The molecule has 0 bridgehead atoms. The number of nitrogens with zero attached hydrogens (tertiary/aromatic N) is 2. The fourth-order valence-corrected chi connectivity index (χ4v) is 8.28. The van der Waals surface area contributed by atoms with Gasteiger partial charge in [-0.25, -0.2) is 9.59 Å². The monoisotopic (exact) mass is 532 g/mol. The zero-order valence-corrected chi connectivity index (χ0v) is 24.6. The van der Waals surface area contributed by atoms with E-state index in [2.05, 4.69) is 76.7 Å². The minimum Gasteiger partial charge on any atom is -0.323 e. The molecular weight excluding hydrogens is 484 g/mol. The first-order valence-corrected chi connectivity index (χ1v) is 14.2. The molecule has 0 radical (unpaired) electrons. The van der Waals surface area contributed by atoms with Gasteiger partial charge in [-0.3, -0.25) is 19.4 Å². The Morgan fingerprint density at radius 1 is 0.526 bits per heavy atom. The highest BCUT2D eigenvalue weighted by molar-refractivity contribution is 6.08. The molecule has 10 heteroatoms. The van der Waals surface area contributed by atoms with Gasteiger partial charge in [-0.1, -0.05) is 12.8 Å². The topological polar surface area (TPSA) is 123 Å². The molecule has 4 N–H and O–H groups in total. The standard InChI is InChI=1S/C28H48N6O4/c1-23(2)15-27(16-24(3,4)31-23)19(35)33(21(37)29-27)13-11-9-10-12-14-34-20(36)28(30-22(34)38)17-25(5,6)32-26(7,8)18-28/h31-32H,9-18H2,1-8H3,(H,29,37)(H,30,38). The van der Waals surface area contributed by atoms with Crippen LogP contribution >= 0.6 is 0 Å². The van der Waals surface area contributed by atoms with Gasteiger partial charge in [0.1, 0.15) is 11.1 Å². The number of imide groups is 2. The molecule has 4 aliphatic heterocycles. The Morgan fingerprint density at radius 3 is 1.11 bits per heavy atom. The number of hydrogen-bond donors (Lipinski definition) is 4. The molecule has 0 aromatic carbocycles. The molecule has 2 spiro atoms. The first kappa shape index (κ1) is 28.8. The molecule has 4 heterocycles. The fraction of sp³-hybridized carbons (Fsp3) is 0.857. The molecule has 4 fully saturated rings. The van der Waals surface area contributed by atoms with Crippen LogP contribution in [0.1, 0.15) is 107 Å². The number of rotatable bonds is 7. The minimum atomic E-state index is -0.855. The summed E-state index contributed by atoms with van der Waals surface area (Å²) in [5, 5.41) is 13.2. The molecule has 10 nitrogen and oxygen atoms in total. The van der Waals surface area contributed by atoms with Gasteiger partial charge < -0.3 is 21.3 Å². The molecule has 0 saturated carbocycles. The molecule has 0 aromatic heterocycles. The zero-order valence-electron chi connectivity index (χ0n) is 24.6. The van der Waals surface area contributed by atoms with E-state index in [1.54, 1.807) is 0 Å². The summed E-state index contributed by atoms with van der Waals surface area (Å²) >= 11 is 0. The smallest absolute Gasteiger partial charge is 0.323 e. The lowest BCUT2D eigenvalue weighted by atomic mass is 9.70. The molecule has 0 unspecified atom stereocenters. The average molecular weight is 533 g/mol. The van der Waals surface area contributed by atoms with E-state index in [4.69, 9.17) is 0 Å². The third-order valence-electron chi connectivity index (χ3n) is 8.33. The molecule has 6 amide bonds. The summed E-state index contributed by atoms with van der Waals surface area (Å²) < 4.78 is 0. The summed E-state index contributed by atoms with van der Waals surface area (Å²) in [7, 11) is 0. The van der Waals surface area contributed by atoms with Gasteiger partial charge in [-0.2, -0.15) is 0 Å². The second-order valence-corrected chi connectivity index (χ2v) is 14.8. The summed E-state index contributed by atoms with van der Waals surface area (Å²) in [5.74, 6) is -0.245. The second-order valence-electron chi connectivity index (χ2n) is 14.8. The van der Waals surface area contributed by atoms with Crippen molar-refractivity contribution < 1.29 is 19.2 Å². The molecule has 0 aliphatic carbocycles. The molecule has 4 aliphatic rings. The zero-order chi connectivity index (χ0) is 28.4. The minimum absolute atomic E-state index is 0.123. The summed E-state index contributed by atoms with van der Waals surface area (Å²) in [5.41, 5.74) is -2.77. The molecule has 38 heavy (non-hydrogen) atoms. The molecule has 4 saturated heterocycles. The number of hydrogen-bond acceptors (Lipinski definition) is 6. The van der Waals surface area contributed by atoms with Crippen LogP contribution in [0.2, 0.25) is 0 Å². The van der Waals surface area contributed by atoms with E-state index in [1.807, 2.05) is 0 Å². The van der Waals surface area contributed by atoms with Gasteiger partial charge in [-0.15, -0.1) is 0 Å². The fourth-order valence-electron chi connectivity index (χ4n) is 8.28. The van der Waals surface area contributed by atoms with Crippen LogP contribution in [0.25, 0.3) is 0 Å². The summed E-state index contributed by atoms with van der Waals surface area (Å²) in [6.45, 7) is 17.3. The van der Waals surface area contributed by atoms with Crippen molar-refractivity contribution in [1.82, 2.24) is 31.1 Å². The third-order valence-corrected chi connectivity index (χ3v) is 8.33. The maximum atomic E-state index is 13.4. The van der Waals surface area contributed by atoms with Crippen molar-refractivity contribution in [2.75, 3.05) is 13.1 Å². The lowest BCUT2D eigenvalue weighted by Gasteiger charge is -2.50. The van der Waals surface area contributed by atoms with Crippen LogP contribution in [0, 0.1) is 0 Å². The van der Waals surface area contributed by atoms with Crippen molar-refractivity contribution in [2.24, 2.45) is 0 Å². The predicted octanol–water partition coefficient (Wildman–Crippen LogP) is 3.01. The first-order chi connectivity index (χ1) is 17.3. The van der Waals surface area contributed by atoms with E-state index in [-0.39, 0.29) is 46.0 Å². The highest BCUT2D eigenvalue weighted by Crippen LogP contribution is 2.41. The van der Waals surface area contributed by atoms with Crippen molar-refractivity contribution >= 4 is 23.9 Å². The van der Waals surface area contributed by atoms with Gasteiger partial charge in [0.05, 0.1) is 0 Å². The number of piperidine rings is 2. The van der Waals surface area contributed by atoms with E-state index in [0.717, 1.165) is 12.8 Å². The Kier molecular flexibility index (Phi) is 6.96.